The highest BCUT2D eigenvalue weighted by atomic mass is 16.5. The minimum Gasteiger partial charge on any atom is -0.361 e. The van der Waals surface area contributed by atoms with Crippen molar-refractivity contribution in [3.05, 3.63) is 52.9 Å². The SMILES string of the molecule is Cc1noc(C)c1CN1CCN(C(=O)CC(C)NC(=O)c2ccccc2)CC1. The van der Waals surface area contributed by atoms with E-state index in [0.29, 0.717) is 25.1 Å². The second kappa shape index (κ2) is 9.01. The van der Waals surface area contributed by atoms with E-state index in [1.54, 1.807) is 12.1 Å². The third-order valence-electron chi connectivity index (χ3n) is 5.18. The van der Waals surface area contributed by atoms with Gasteiger partial charge in [0.15, 0.2) is 0 Å². The van der Waals surface area contributed by atoms with Gasteiger partial charge in [-0.25, -0.2) is 0 Å². The number of carbonyl (C=O) groups excluding carboxylic acids is 2. The average molecular weight is 384 g/mol. The molecule has 1 aromatic carbocycles. The Balaban J connectivity index is 1.44. The van der Waals surface area contributed by atoms with Crippen LogP contribution >= 0.6 is 0 Å². The minimum atomic E-state index is -0.208. The maximum atomic E-state index is 12.6. The molecule has 0 aliphatic carbocycles. The molecule has 150 valence electrons. The van der Waals surface area contributed by atoms with Crippen molar-refractivity contribution in [2.45, 2.75) is 39.8 Å². The van der Waals surface area contributed by atoms with E-state index >= 15 is 0 Å². The maximum Gasteiger partial charge on any atom is 0.251 e. The molecule has 1 aromatic heterocycles. The zero-order valence-corrected chi connectivity index (χ0v) is 16.8. The summed E-state index contributed by atoms with van der Waals surface area (Å²) < 4.78 is 5.23. The Bertz CT molecular complexity index is 791. The van der Waals surface area contributed by atoms with E-state index in [0.717, 1.165) is 36.7 Å². The number of aryl methyl sites for hydroxylation is 2. The summed E-state index contributed by atoms with van der Waals surface area (Å²) in [7, 11) is 0. The smallest absolute Gasteiger partial charge is 0.251 e. The van der Waals surface area contributed by atoms with E-state index < -0.39 is 0 Å². The van der Waals surface area contributed by atoms with Crippen LogP contribution in [0.5, 0.6) is 0 Å². The highest BCUT2D eigenvalue weighted by Crippen LogP contribution is 2.16. The molecule has 0 radical (unpaired) electrons. The molecule has 2 heterocycles. The summed E-state index contributed by atoms with van der Waals surface area (Å²) in [6.07, 6.45) is 0.308. The van der Waals surface area contributed by atoms with Gasteiger partial charge < -0.3 is 14.7 Å². The highest BCUT2D eigenvalue weighted by Gasteiger charge is 2.24. The molecule has 1 aliphatic rings. The summed E-state index contributed by atoms with van der Waals surface area (Å²) in [5.74, 6) is 0.794. The summed E-state index contributed by atoms with van der Waals surface area (Å²) >= 11 is 0. The van der Waals surface area contributed by atoms with E-state index in [4.69, 9.17) is 4.52 Å². The fourth-order valence-corrected chi connectivity index (χ4v) is 3.45. The van der Waals surface area contributed by atoms with Crippen LogP contribution < -0.4 is 5.32 Å². The first-order valence-corrected chi connectivity index (χ1v) is 9.72. The number of carbonyl (C=O) groups is 2. The molecule has 1 atom stereocenters. The van der Waals surface area contributed by atoms with Crippen LogP contribution in [0.3, 0.4) is 0 Å². The van der Waals surface area contributed by atoms with Crippen LogP contribution in [0.25, 0.3) is 0 Å². The van der Waals surface area contributed by atoms with Gasteiger partial charge in [-0.05, 0) is 32.9 Å². The molecule has 28 heavy (non-hydrogen) atoms. The van der Waals surface area contributed by atoms with Crippen LogP contribution in [0.2, 0.25) is 0 Å². The standard InChI is InChI=1S/C21H28N4O3/c1-15(22-21(27)18-7-5-4-6-8-18)13-20(26)25-11-9-24(10-12-25)14-19-16(2)23-28-17(19)3/h4-8,15H,9-14H2,1-3H3,(H,22,27). The number of nitrogens with one attached hydrogen (secondary N) is 1. The Kier molecular flexibility index (Phi) is 6.46. The van der Waals surface area contributed by atoms with Gasteiger partial charge in [0, 0.05) is 56.3 Å². The number of nitrogens with zero attached hydrogens (tertiary/aromatic N) is 3. The first-order chi connectivity index (χ1) is 13.4. The van der Waals surface area contributed by atoms with Crippen molar-refractivity contribution >= 4 is 11.8 Å². The summed E-state index contributed by atoms with van der Waals surface area (Å²) in [6.45, 7) is 9.58. The van der Waals surface area contributed by atoms with Crippen LogP contribution in [0.1, 0.15) is 40.7 Å². The first kappa shape index (κ1) is 20.1. The van der Waals surface area contributed by atoms with Crippen LogP contribution in [0.15, 0.2) is 34.9 Å². The third-order valence-corrected chi connectivity index (χ3v) is 5.18. The Labute approximate surface area is 165 Å². The lowest BCUT2D eigenvalue weighted by atomic mass is 10.1. The molecular weight excluding hydrogens is 356 g/mol. The summed E-state index contributed by atoms with van der Waals surface area (Å²) in [4.78, 5) is 29.0. The Morgan fingerprint density at radius 1 is 1.14 bits per heavy atom. The molecule has 1 unspecified atom stereocenters. The topological polar surface area (TPSA) is 78.7 Å². The molecule has 1 fully saturated rings. The molecule has 0 bridgehead atoms. The number of benzene rings is 1. The number of piperazine rings is 1. The molecule has 7 nitrogen and oxygen atoms in total. The van der Waals surface area contributed by atoms with Gasteiger partial charge >= 0.3 is 0 Å². The van der Waals surface area contributed by atoms with Gasteiger partial charge in [-0.1, -0.05) is 23.4 Å². The van der Waals surface area contributed by atoms with Gasteiger partial charge in [-0.3, -0.25) is 14.5 Å². The Hall–Kier alpha value is -2.67. The Morgan fingerprint density at radius 2 is 1.82 bits per heavy atom. The zero-order valence-electron chi connectivity index (χ0n) is 16.8. The predicted molar refractivity (Wildman–Crippen MR) is 106 cm³/mol. The number of rotatable bonds is 6. The third kappa shape index (κ3) is 4.98. The lowest BCUT2D eigenvalue weighted by Gasteiger charge is -2.35. The first-order valence-electron chi connectivity index (χ1n) is 9.72. The van der Waals surface area contributed by atoms with E-state index in [9.17, 15) is 9.59 Å². The molecule has 0 spiro atoms. The van der Waals surface area contributed by atoms with Gasteiger partial charge in [-0.15, -0.1) is 0 Å². The molecule has 3 rings (SSSR count). The van der Waals surface area contributed by atoms with Crippen molar-refractivity contribution in [1.29, 1.82) is 0 Å². The number of hydrogen-bond acceptors (Lipinski definition) is 5. The fourth-order valence-electron chi connectivity index (χ4n) is 3.45. The van der Waals surface area contributed by atoms with Crippen LogP contribution in [-0.4, -0.2) is 59.0 Å². The monoisotopic (exact) mass is 384 g/mol. The largest absolute Gasteiger partial charge is 0.361 e. The van der Waals surface area contributed by atoms with Crippen LogP contribution in [-0.2, 0) is 11.3 Å². The summed E-state index contributed by atoms with van der Waals surface area (Å²) in [6, 6.07) is 8.85. The van der Waals surface area contributed by atoms with Crippen LogP contribution in [0, 0.1) is 13.8 Å². The van der Waals surface area contributed by atoms with Crippen molar-refractivity contribution in [1.82, 2.24) is 20.3 Å². The Morgan fingerprint density at radius 3 is 2.43 bits per heavy atom. The van der Waals surface area contributed by atoms with E-state index in [1.807, 2.05) is 43.9 Å². The average Bonchev–Trinajstić information content (AvgIpc) is 3.01. The lowest BCUT2D eigenvalue weighted by molar-refractivity contribution is -0.133. The number of hydrogen-bond donors (Lipinski definition) is 1. The summed E-state index contributed by atoms with van der Waals surface area (Å²) in [5.41, 5.74) is 2.67. The molecular formula is C21H28N4O3. The van der Waals surface area contributed by atoms with Crippen molar-refractivity contribution in [3.63, 3.8) is 0 Å². The van der Waals surface area contributed by atoms with E-state index in [-0.39, 0.29) is 17.9 Å². The molecule has 7 heteroatoms. The predicted octanol–water partition coefficient (Wildman–Crippen LogP) is 2.14. The minimum absolute atomic E-state index is 0.0813. The van der Waals surface area contributed by atoms with Crippen molar-refractivity contribution < 1.29 is 14.1 Å². The van der Waals surface area contributed by atoms with Crippen LogP contribution in [0.4, 0.5) is 0 Å². The lowest BCUT2D eigenvalue weighted by Crippen LogP contribution is -2.49. The molecule has 1 N–H and O–H groups in total. The zero-order chi connectivity index (χ0) is 20.1. The van der Waals surface area contributed by atoms with E-state index in [2.05, 4.69) is 15.4 Å². The van der Waals surface area contributed by atoms with Crippen molar-refractivity contribution in [2.75, 3.05) is 26.2 Å². The van der Waals surface area contributed by atoms with Gasteiger partial charge in [0.1, 0.15) is 5.76 Å². The van der Waals surface area contributed by atoms with Gasteiger partial charge in [0.05, 0.1) is 5.69 Å². The second-order valence-corrected chi connectivity index (χ2v) is 7.40. The van der Waals surface area contributed by atoms with Gasteiger partial charge in [-0.2, -0.15) is 0 Å². The van der Waals surface area contributed by atoms with Gasteiger partial charge in [0.25, 0.3) is 5.91 Å². The second-order valence-electron chi connectivity index (χ2n) is 7.40. The maximum absolute atomic E-state index is 12.6. The quantitative estimate of drug-likeness (QED) is 0.826. The van der Waals surface area contributed by atoms with E-state index in [1.165, 1.54) is 0 Å². The molecule has 1 saturated heterocycles. The van der Waals surface area contributed by atoms with Gasteiger partial charge in [0.2, 0.25) is 5.91 Å². The molecule has 1 aliphatic heterocycles. The molecule has 0 saturated carbocycles. The number of aromatic nitrogens is 1. The van der Waals surface area contributed by atoms with Crippen molar-refractivity contribution in [3.8, 4) is 0 Å². The molecule has 2 amide bonds. The van der Waals surface area contributed by atoms with Crippen molar-refractivity contribution in [2.24, 2.45) is 0 Å². The highest BCUT2D eigenvalue weighted by molar-refractivity contribution is 5.94. The molecule has 2 aromatic rings. The summed E-state index contributed by atoms with van der Waals surface area (Å²) in [5, 5.41) is 6.91. The normalized spacial score (nSPS) is 16.0. The fraction of sp³-hybridized carbons (Fsp3) is 0.476. The number of amides is 2.